The molecule has 0 saturated carbocycles. The highest BCUT2D eigenvalue weighted by Gasteiger charge is 2.19. The Morgan fingerprint density at radius 2 is 1.35 bits per heavy atom. The molecule has 0 bridgehead atoms. The van der Waals surface area contributed by atoms with E-state index in [1.165, 1.54) is 0 Å². The summed E-state index contributed by atoms with van der Waals surface area (Å²) in [6.07, 6.45) is 3.52. The summed E-state index contributed by atoms with van der Waals surface area (Å²) in [5.41, 5.74) is 2.28. The van der Waals surface area contributed by atoms with Gasteiger partial charge in [-0.05, 0) is 30.9 Å². The monoisotopic (exact) mass is 354 g/mol. The third kappa shape index (κ3) is 7.96. The lowest BCUT2D eigenvalue weighted by Crippen LogP contribution is -2.26. The third-order valence-corrected chi connectivity index (χ3v) is 4.22. The van der Waals surface area contributed by atoms with Crippen molar-refractivity contribution in [2.75, 3.05) is 0 Å². The standard InChI is InChI=1S/C23H30O3/c1-3-10-22(25-17-20-11-6-4-7-12-20)16-23(15-19(2)24)26-18-21-13-8-5-9-14-21/h3-9,11-14,19,22-24H,1,10,15-18H2,2H3/t19-,22+,23-/m1/s1. The Hall–Kier alpha value is -1.94. The minimum Gasteiger partial charge on any atom is -0.393 e. The molecule has 0 unspecified atom stereocenters. The Labute approximate surface area is 157 Å². The number of aliphatic hydroxyl groups is 1. The first-order valence-electron chi connectivity index (χ1n) is 9.27. The van der Waals surface area contributed by atoms with Gasteiger partial charge in [-0.25, -0.2) is 0 Å². The van der Waals surface area contributed by atoms with E-state index in [-0.39, 0.29) is 12.2 Å². The maximum absolute atomic E-state index is 9.83. The molecule has 3 atom stereocenters. The van der Waals surface area contributed by atoms with Gasteiger partial charge in [0.15, 0.2) is 0 Å². The van der Waals surface area contributed by atoms with Crippen LogP contribution in [0, 0.1) is 0 Å². The summed E-state index contributed by atoms with van der Waals surface area (Å²) in [4.78, 5) is 0. The number of hydrogen-bond acceptors (Lipinski definition) is 3. The van der Waals surface area contributed by atoms with Gasteiger partial charge in [-0.1, -0.05) is 66.7 Å². The molecule has 1 N–H and O–H groups in total. The van der Waals surface area contributed by atoms with Crippen molar-refractivity contribution in [1.82, 2.24) is 0 Å². The average Bonchev–Trinajstić information content (AvgIpc) is 2.65. The van der Waals surface area contributed by atoms with Crippen LogP contribution in [-0.2, 0) is 22.7 Å². The highest BCUT2D eigenvalue weighted by Crippen LogP contribution is 2.18. The molecule has 0 aromatic heterocycles. The molecule has 0 aliphatic heterocycles. The van der Waals surface area contributed by atoms with Crippen LogP contribution in [0.15, 0.2) is 73.3 Å². The molecule has 0 fully saturated rings. The van der Waals surface area contributed by atoms with Gasteiger partial charge >= 0.3 is 0 Å². The zero-order chi connectivity index (χ0) is 18.6. The zero-order valence-electron chi connectivity index (χ0n) is 15.6. The first-order valence-corrected chi connectivity index (χ1v) is 9.27. The van der Waals surface area contributed by atoms with Crippen LogP contribution < -0.4 is 0 Å². The van der Waals surface area contributed by atoms with E-state index in [2.05, 4.69) is 18.7 Å². The molecule has 3 nitrogen and oxygen atoms in total. The molecule has 3 heteroatoms. The van der Waals surface area contributed by atoms with E-state index < -0.39 is 6.10 Å². The molecular weight excluding hydrogens is 324 g/mol. The minimum absolute atomic E-state index is 0.0206. The quantitative estimate of drug-likeness (QED) is 0.551. The van der Waals surface area contributed by atoms with E-state index in [0.29, 0.717) is 19.6 Å². The minimum atomic E-state index is -0.408. The second-order valence-electron chi connectivity index (χ2n) is 6.68. The Balaban J connectivity index is 1.91. The van der Waals surface area contributed by atoms with Crippen molar-refractivity contribution in [2.45, 2.75) is 57.7 Å². The van der Waals surface area contributed by atoms with E-state index in [4.69, 9.17) is 9.47 Å². The molecule has 2 aromatic rings. The van der Waals surface area contributed by atoms with Gasteiger partial charge < -0.3 is 14.6 Å². The molecule has 0 saturated heterocycles. The van der Waals surface area contributed by atoms with E-state index in [9.17, 15) is 5.11 Å². The van der Waals surface area contributed by atoms with Gasteiger partial charge in [-0.3, -0.25) is 0 Å². The third-order valence-electron chi connectivity index (χ3n) is 4.22. The zero-order valence-corrected chi connectivity index (χ0v) is 15.6. The predicted octanol–water partition coefficient (Wildman–Crippen LogP) is 4.89. The highest BCUT2D eigenvalue weighted by molar-refractivity contribution is 5.14. The van der Waals surface area contributed by atoms with Crippen LogP contribution in [0.5, 0.6) is 0 Å². The van der Waals surface area contributed by atoms with Crippen LogP contribution in [0.25, 0.3) is 0 Å². The normalized spacial score (nSPS) is 14.5. The lowest BCUT2D eigenvalue weighted by Gasteiger charge is -2.25. The lowest BCUT2D eigenvalue weighted by molar-refractivity contribution is -0.0434. The Morgan fingerprint density at radius 1 is 0.846 bits per heavy atom. The smallest absolute Gasteiger partial charge is 0.0720 e. The van der Waals surface area contributed by atoms with Crippen molar-refractivity contribution in [3.63, 3.8) is 0 Å². The summed E-state index contributed by atoms with van der Waals surface area (Å²) < 4.78 is 12.2. The predicted molar refractivity (Wildman–Crippen MR) is 106 cm³/mol. The van der Waals surface area contributed by atoms with Gasteiger partial charge in [-0.2, -0.15) is 0 Å². The Morgan fingerprint density at radius 3 is 1.81 bits per heavy atom. The van der Waals surface area contributed by atoms with Crippen LogP contribution in [0.2, 0.25) is 0 Å². The van der Waals surface area contributed by atoms with Gasteiger partial charge in [-0.15, -0.1) is 6.58 Å². The molecule has 26 heavy (non-hydrogen) atoms. The summed E-state index contributed by atoms with van der Waals surface area (Å²) in [6.45, 7) is 6.75. The van der Waals surface area contributed by atoms with Crippen LogP contribution in [0.4, 0.5) is 0 Å². The Kier molecular flexibility index (Phi) is 9.11. The molecule has 2 rings (SSSR count). The SMILES string of the molecule is C=CC[C@@H](C[C@@H](C[C@@H](C)O)OCc1ccccc1)OCc1ccccc1. The average molecular weight is 354 g/mol. The van der Waals surface area contributed by atoms with Crippen molar-refractivity contribution in [1.29, 1.82) is 0 Å². The second kappa shape index (κ2) is 11.6. The number of rotatable bonds is 12. The first kappa shape index (κ1) is 20.4. The topological polar surface area (TPSA) is 38.7 Å². The molecule has 2 aromatic carbocycles. The maximum Gasteiger partial charge on any atom is 0.0720 e. The van der Waals surface area contributed by atoms with E-state index in [0.717, 1.165) is 24.0 Å². The van der Waals surface area contributed by atoms with Gasteiger partial charge in [0.1, 0.15) is 0 Å². The fourth-order valence-electron chi connectivity index (χ4n) is 2.90. The van der Waals surface area contributed by atoms with Gasteiger partial charge in [0.05, 0.1) is 31.5 Å². The van der Waals surface area contributed by atoms with E-state index in [1.54, 1.807) is 6.92 Å². The summed E-state index contributed by atoms with van der Waals surface area (Å²) in [7, 11) is 0. The van der Waals surface area contributed by atoms with Crippen molar-refractivity contribution >= 4 is 0 Å². The fraction of sp³-hybridized carbons (Fsp3) is 0.391. The molecule has 0 spiro atoms. The van der Waals surface area contributed by atoms with Crippen molar-refractivity contribution in [2.24, 2.45) is 0 Å². The summed E-state index contributed by atoms with van der Waals surface area (Å²) in [6, 6.07) is 20.3. The molecule has 0 heterocycles. The van der Waals surface area contributed by atoms with Crippen LogP contribution in [0.3, 0.4) is 0 Å². The molecular formula is C23H30O3. The molecule has 0 aliphatic carbocycles. The number of aliphatic hydroxyl groups excluding tert-OH is 1. The maximum atomic E-state index is 9.83. The lowest BCUT2D eigenvalue weighted by atomic mass is 10.0. The van der Waals surface area contributed by atoms with E-state index >= 15 is 0 Å². The molecule has 0 radical (unpaired) electrons. The summed E-state index contributed by atoms with van der Waals surface area (Å²) in [5.74, 6) is 0. The second-order valence-corrected chi connectivity index (χ2v) is 6.68. The van der Waals surface area contributed by atoms with Gasteiger partial charge in [0.2, 0.25) is 0 Å². The van der Waals surface area contributed by atoms with Gasteiger partial charge in [0.25, 0.3) is 0 Å². The molecule has 140 valence electrons. The number of hydrogen-bond donors (Lipinski definition) is 1. The first-order chi connectivity index (χ1) is 12.7. The fourth-order valence-corrected chi connectivity index (χ4v) is 2.90. The number of benzene rings is 2. The molecule has 0 aliphatic rings. The van der Waals surface area contributed by atoms with Crippen LogP contribution in [0.1, 0.15) is 37.3 Å². The van der Waals surface area contributed by atoms with Crippen molar-refractivity contribution in [3.05, 3.63) is 84.4 Å². The number of ether oxygens (including phenoxy) is 2. The van der Waals surface area contributed by atoms with E-state index in [1.807, 2.05) is 54.6 Å². The highest BCUT2D eigenvalue weighted by atomic mass is 16.5. The summed E-state index contributed by atoms with van der Waals surface area (Å²) in [5, 5.41) is 9.83. The van der Waals surface area contributed by atoms with Crippen LogP contribution >= 0.6 is 0 Å². The summed E-state index contributed by atoms with van der Waals surface area (Å²) >= 11 is 0. The van der Waals surface area contributed by atoms with Crippen molar-refractivity contribution in [3.8, 4) is 0 Å². The Bertz CT molecular complexity index is 610. The molecule has 0 amide bonds. The van der Waals surface area contributed by atoms with Gasteiger partial charge in [0, 0.05) is 6.42 Å². The largest absolute Gasteiger partial charge is 0.393 e. The van der Waals surface area contributed by atoms with Crippen molar-refractivity contribution < 1.29 is 14.6 Å². The van der Waals surface area contributed by atoms with Crippen LogP contribution in [-0.4, -0.2) is 23.4 Å².